The first kappa shape index (κ1) is 14.9. The zero-order chi connectivity index (χ0) is 14.4. The number of carbonyl (C=O) groups excluding carboxylic acids is 1. The van der Waals surface area contributed by atoms with Crippen LogP contribution in [0.25, 0.3) is 0 Å². The molecule has 2 rings (SSSR count). The van der Waals surface area contributed by atoms with Gasteiger partial charge < -0.3 is 14.8 Å². The fourth-order valence-electron chi connectivity index (χ4n) is 1.99. The van der Waals surface area contributed by atoms with Crippen LogP contribution in [-0.4, -0.2) is 32.3 Å². The van der Waals surface area contributed by atoms with E-state index >= 15 is 0 Å². The maximum Gasteiger partial charge on any atom is 0.251 e. The van der Waals surface area contributed by atoms with Crippen molar-refractivity contribution in [3.05, 3.63) is 29.8 Å². The normalized spacial score (nSPS) is 16.3. The van der Waals surface area contributed by atoms with Gasteiger partial charge in [0.05, 0.1) is 19.8 Å². The fourth-order valence-corrected chi connectivity index (χ4v) is 1.99. The lowest BCUT2D eigenvalue weighted by atomic mass is 9.88. The van der Waals surface area contributed by atoms with Crippen molar-refractivity contribution in [3.63, 3.8) is 0 Å². The predicted molar refractivity (Wildman–Crippen MR) is 78.1 cm³/mol. The molecular weight excluding hydrogens is 254 g/mol. The molecule has 0 aromatic heterocycles. The first-order chi connectivity index (χ1) is 9.63. The van der Waals surface area contributed by atoms with Gasteiger partial charge >= 0.3 is 0 Å². The van der Waals surface area contributed by atoms with Crippen molar-refractivity contribution in [3.8, 4) is 5.75 Å². The summed E-state index contributed by atoms with van der Waals surface area (Å²) in [5.74, 6) is 0.771. The predicted octanol–water partition coefficient (Wildman–Crippen LogP) is 2.63. The molecule has 1 aromatic rings. The molecule has 0 saturated carbocycles. The number of ether oxygens (including phenoxy) is 2. The zero-order valence-corrected chi connectivity index (χ0v) is 12.3. The molecule has 0 bridgehead atoms. The summed E-state index contributed by atoms with van der Waals surface area (Å²) < 4.78 is 10.7. The third kappa shape index (κ3) is 3.97. The van der Waals surface area contributed by atoms with Crippen molar-refractivity contribution in [2.75, 3.05) is 26.4 Å². The highest BCUT2D eigenvalue weighted by Crippen LogP contribution is 2.25. The summed E-state index contributed by atoms with van der Waals surface area (Å²) in [5.41, 5.74) is 0.760. The van der Waals surface area contributed by atoms with E-state index in [9.17, 15) is 4.79 Å². The molecule has 1 heterocycles. The van der Waals surface area contributed by atoms with E-state index in [4.69, 9.17) is 9.47 Å². The largest absolute Gasteiger partial charge is 0.494 e. The highest BCUT2D eigenvalue weighted by molar-refractivity contribution is 5.94. The second-order valence-electron chi connectivity index (χ2n) is 5.71. The number of unbranched alkanes of at least 4 members (excludes halogenated alkanes) is 1. The van der Waals surface area contributed by atoms with E-state index in [0.717, 1.165) is 38.4 Å². The number of hydrogen-bond donors (Lipinski definition) is 1. The Bertz CT molecular complexity index is 438. The number of hydrogen-bond acceptors (Lipinski definition) is 3. The molecule has 1 N–H and O–H groups in total. The number of benzene rings is 1. The van der Waals surface area contributed by atoms with Gasteiger partial charge in [-0.3, -0.25) is 4.79 Å². The molecule has 0 unspecified atom stereocenters. The van der Waals surface area contributed by atoms with Crippen LogP contribution in [0, 0.1) is 5.41 Å². The number of amides is 1. The fraction of sp³-hybridized carbons (Fsp3) is 0.562. The molecular formula is C16H23NO3. The second-order valence-corrected chi connectivity index (χ2v) is 5.71. The van der Waals surface area contributed by atoms with Crippen molar-refractivity contribution < 1.29 is 14.3 Å². The van der Waals surface area contributed by atoms with Crippen LogP contribution in [-0.2, 0) is 4.74 Å². The Morgan fingerprint density at radius 2 is 2.05 bits per heavy atom. The number of nitrogens with one attached hydrogen (secondary N) is 1. The summed E-state index contributed by atoms with van der Waals surface area (Å²) in [4.78, 5) is 12.0. The van der Waals surface area contributed by atoms with Crippen molar-refractivity contribution in [1.29, 1.82) is 0 Å². The minimum Gasteiger partial charge on any atom is -0.494 e. The van der Waals surface area contributed by atoms with Crippen molar-refractivity contribution in [1.82, 2.24) is 5.32 Å². The van der Waals surface area contributed by atoms with Crippen LogP contribution in [0.4, 0.5) is 0 Å². The van der Waals surface area contributed by atoms with Crippen molar-refractivity contribution in [2.24, 2.45) is 5.41 Å². The van der Waals surface area contributed by atoms with Gasteiger partial charge in [-0.15, -0.1) is 0 Å². The van der Waals surface area contributed by atoms with Crippen LogP contribution in [0.15, 0.2) is 24.3 Å². The van der Waals surface area contributed by atoms with Crippen LogP contribution >= 0.6 is 0 Å². The van der Waals surface area contributed by atoms with Gasteiger partial charge in [-0.05, 0) is 30.7 Å². The molecule has 0 atom stereocenters. The molecule has 4 nitrogen and oxygen atoms in total. The van der Waals surface area contributed by atoms with E-state index in [-0.39, 0.29) is 11.3 Å². The minimum absolute atomic E-state index is 0.0433. The van der Waals surface area contributed by atoms with Crippen molar-refractivity contribution >= 4 is 5.91 Å². The van der Waals surface area contributed by atoms with Gasteiger partial charge in [0.1, 0.15) is 5.75 Å². The average molecular weight is 277 g/mol. The minimum atomic E-state index is -0.0433. The average Bonchev–Trinajstić information content (AvgIpc) is 2.44. The molecule has 1 saturated heterocycles. The van der Waals surface area contributed by atoms with Gasteiger partial charge in [0.15, 0.2) is 0 Å². The molecule has 1 fully saturated rings. The number of carbonyl (C=O) groups is 1. The molecule has 20 heavy (non-hydrogen) atoms. The summed E-state index contributed by atoms with van der Waals surface area (Å²) >= 11 is 0. The highest BCUT2D eigenvalue weighted by atomic mass is 16.5. The lowest BCUT2D eigenvalue weighted by Gasteiger charge is -2.38. The Kier molecular flexibility index (Phi) is 5.01. The second kappa shape index (κ2) is 6.75. The molecule has 0 radical (unpaired) electrons. The number of rotatable bonds is 7. The van der Waals surface area contributed by atoms with Crippen LogP contribution in [0.5, 0.6) is 5.75 Å². The quantitative estimate of drug-likeness (QED) is 0.779. The van der Waals surface area contributed by atoms with E-state index < -0.39 is 0 Å². The standard InChI is InChI=1S/C16H23NO3/c1-3-4-9-20-14-7-5-13(6-8-14)15(18)17-10-16(2)11-19-12-16/h5-8H,3-4,9-12H2,1-2H3,(H,17,18). The molecule has 0 aliphatic carbocycles. The maximum atomic E-state index is 12.0. The van der Waals surface area contributed by atoms with Gasteiger partial charge in [0, 0.05) is 17.5 Å². The van der Waals surface area contributed by atoms with E-state index in [2.05, 4.69) is 19.2 Å². The maximum absolute atomic E-state index is 12.0. The lowest BCUT2D eigenvalue weighted by Crippen LogP contribution is -2.48. The molecule has 1 aromatic carbocycles. The Morgan fingerprint density at radius 3 is 2.60 bits per heavy atom. The molecule has 0 spiro atoms. The van der Waals surface area contributed by atoms with E-state index in [1.54, 1.807) is 12.1 Å². The molecule has 1 amide bonds. The zero-order valence-electron chi connectivity index (χ0n) is 12.3. The van der Waals surface area contributed by atoms with Gasteiger partial charge in [0.2, 0.25) is 0 Å². The van der Waals surface area contributed by atoms with Gasteiger partial charge in [-0.2, -0.15) is 0 Å². The summed E-state index contributed by atoms with van der Waals surface area (Å²) in [6, 6.07) is 7.30. The smallest absolute Gasteiger partial charge is 0.251 e. The molecule has 110 valence electrons. The Balaban J connectivity index is 1.80. The van der Waals surface area contributed by atoms with E-state index in [0.29, 0.717) is 12.1 Å². The summed E-state index contributed by atoms with van der Waals surface area (Å²) in [6.45, 7) is 7.06. The highest BCUT2D eigenvalue weighted by Gasteiger charge is 2.33. The summed E-state index contributed by atoms with van der Waals surface area (Å²) in [7, 11) is 0. The summed E-state index contributed by atoms with van der Waals surface area (Å²) in [5, 5.41) is 2.95. The first-order valence-corrected chi connectivity index (χ1v) is 7.22. The Morgan fingerprint density at radius 1 is 1.35 bits per heavy atom. The molecule has 1 aliphatic rings. The summed E-state index contributed by atoms with van der Waals surface area (Å²) in [6.07, 6.45) is 2.16. The van der Waals surface area contributed by atoms with Gasteiger partial charge in [0.25, 0.3) is 5.91 Å². The Labute approximate surface area is 120 Å². The van der Waals surface area contributed by atoms with Gasteiger partial charge in [-0.1, -0.05) is 20.3 Å². The third-order valence-corrected chi connectivity index (χ3v) is 3.46. The lowest BCUT2D eigenvalue weighted by molar-refractivity contribution is -0.0978. The third-order valence-electron chi connectivity index (χ3n) is 3.46. The van der Waals surface area contributed by atoms with Crippen LogP contribution in [0.1, 0.15) is 37.0 Å². The van der Waals surface area contributed by atoms with Crippen LogP contribution in [0.3, 0.4) is 0 Å². The monoisotopic (exact) mass is 277 g/mol. The molecule has 1 aliphatic heterocycles. The van der Waals surface area contributed by atoms with E-state index in [1.165, 1.54) is 0 Å². The topological polar surface area (TPSA) is 47.6 Å². The first-order valence-electron chi connectivity index (χ1n) is 7.22. The van der Waals surface area contributed by atoms with Crippen LogP contribution < -0.4 is 10.1 Å². The van der Waals surface area contributed by atoms with E-state index in [1.807, 2.05) is 12.1 Å². The van der Waals surface area contributed by atoms with Crippen LogP contribution in [0.2, 0.25) is 0 Å². The Hall–Kier alpha value is -1.55. The molecule has 4 heteroatoms. The SMILES string of the molecule is CCCCOc1ccc(C(=O)NCC2(C)COC2)cc1. The van der Waals surface area contributed by atoms with Crippen molar-refractivity contribution in [2.45, 2.75) is 26.7 Å². The van der Waals surface area contributed by atoms with Gasteiger partial charge in [-0.25, -0.2) is 0 Å².